The smallest absolute Gasteiger partial charge is 0.175 e. The minimum Gasteiger partial charge on any atom is -0.295 e. The summed E-state index contributed by atoms with van der Waals surface area (Å²) in [6.07, 6.45) is 6.07. The van der Waals surface area contributed by atoms with Gasteiger partial charge >= 0.3 is 0 Å². The summed E-state index contributed by atoms with van der Waals surface area (Å²) in [7, 11) is -3.20. The van der Waals surface area contributed by atoms with Crippen LogP contribution in [0.3, 0.4) is 0 Å². The SMILES string of the molecule is CCCC(C)C(C)(C)C/C(=C\c1ccc(S(C)(=O)=O)cc1)C(C)=O. The van der Waals surface area contributed by atoms with Crippen LogP contribution in [0.2, 0.25) is 0 Å². The van der Waals surface area contributed by atoms with Gasteiger partial charge in [0, 0.05) is 6.26 Å². The molecule has 3 nitrogen and oxygen atoms in total. The molecule has 134 valence electrons. The van der Waals surface area contributed by atoms with E-state index in [0.717, 1.165) is 30.4 Å². The molecule has 0 spiro atoms. The van der Waals surface area contributed by atoms with E-state index in [1.807, 2.05) is 6.08 Å². The van der Waals surface area contributed by atoms with Crippen molar-refractivity contribution in [1.82, 2.24) is 0 Å². The van der Waals surface area contributed by atoms with Crippen LogP contribution in [-0.2, 0) is 14.6 Å². The lowest BCUT2D eigenvalue weighted by Crippen LogP contribution is -2.23. The van der Waals surface area contributed by atoms with Crippen molar-refractivity contribution >= 4 is 21.7 Å². The van der Waals surface area contributed by atoms with Gasteiger partial charge in [0.05, 0.1) is 4.90 Å². The highest BCUT2D eigenvalue weighted by molar-refractivity contribution is 7.90. The lowest BCUT2D eigenvalue weighted by molar-refractivity contribution is -0.114. The van der Waals surface area contributed by atoms with Gasteiger partial charge in [0.15, 0.2) is 15.6 Å². The average Bonchev–Trinajstić information content (AvgIpc) is 2.46. The molecule has 1 aromatic carbocycles. The van der Waals surface area contributed by atoms with Gasteiger partial charge in [-0.05, 0) is 54.0 Å². The Hall–Kier alpha value is -1.42. The molecule has 0 heterocycles. The van der Waals surface area contributed by atoms with E-state index in [-0.39, 0.29) is 11.2 Å². The molecule has 0 fully saturated rings. The molecule has 4 heteroatoms. The lowest BCUT2D eigenvalue weighted by atomic mass is 9.72. The summed E-state index contributed by atoms with van der Waals surface area (Å²) in [4.78, 5) is 12.4. The van der Waals surface area contributed by atoms with Crippen LogP contribution in [0.15, 0.2) is 34.7 Å². The second-order valence-corrected chi connectivity index (χ2v) is 9.44. The van der Waals surface area contributed by atoms with Gasteiger partial charge in [-0.25, -0.2) is 8.42 Å². The van der Waals surface area contributed by atoms with E-state index in [0.29, 0.717) is 10.8 Å². The molecule has 1 atom stereocenters. The first kappa shape index (κ1) is 20.6. The molecule has 0 aliphatic rings. The van der Waals surface area contributed by atoms with Crippen LogP contribution in [0, 0.1) is 11.3 Å². The monoisotopic (exact) mass is 350 g/mol. The van der Waals surface area contributed by atoms with E-state index < -0.39 is 9.84 Å². The third-order valence-electron chi connectivity index (χ3n) is 4.80. The molecule has 0 radical (unpaired) electrons. The van der Waals surface area contributed by atoms with E-state index in [4.69, 9.17) is 0 Å². The summed E-state index contributed by atoms with van der Waals surface area (Å²) in [6.45, 7) is 10.4. The molecule has 1 unspecified atom stereocenters. The first-order chi connectivity index (χ1) is 11.0. The Kier molecular flexibility index (Phi) is 6.97. The van der Waals surface area contributed by atoms with Crippen molar-refractivity contribution in [2.24, 2.45) is 11.3 Å². The van der Waals surface area contributed by atoms with E-state index in [1.54, 1.807) is 31.2 Å². The second kappa shape index (κ2) is 8.11. The quantitative estimate of drug-likeness (QED) is 0.626. The fraction of sp³-hybridized carbons (Fsp3) is 0.550. The maximum absolute atomic E-state index is 12.1. The second-order valence-electron chi connectivity index (χ2n) is 7.42. The van der Waals surface area contributed by atoms with E-state index in [9.17, 15) is 13.2 Å². The molecule has 0 saturated carbocycles. The maximum Gasteiger partial charge on any atom is 0.175 e. The van der Waals surface area contributed by atoms with Crippen LogP contribution in [0.25, 0.3) is 6.08 Å². The predicted octanol–water partition coefficient (Wildman–Crippen LogP) is 4.92. The molecule has 1 rings (SSSR count). The fourth-order valence-corrected chi connectivity index (χ4v) is 3.41. The summed E-state index contributed by atoms with van der Waals surface area (Å²) < 4.78 is 23.1. The molecule has 0 aliphatic heterocycles. The van der Waals surface area contributed by atoms with Crippen LogP contribution >= 0.6 is 0 Å². The van der Waals surface area contributed by atoms with Crippen molar-refractivity contribution in [1.29, 1.82) is 0 Å². The van der Waals surface area contributed by atoms with Crippen LogP contribution in [0.5, 0.6) is 0 Å². The van der Waals surface area contributed by atoms with Crippen LogP contribution in [0.4, 0.5) is 0 Å². The minimum absolute atomic E-state index is 0.0419. The summed E-state index contributed by atoms with van der Waals surface area (Å²) in [5.74, 6) is 0.594. The van der Waals surface area contributed by atoms with Gasteiger partial charge in [-0.2, -0.15) is 0 Å². The van der Waals surface area contributed by atoms with E-state index in [1.165, 1.54) is 6.26 Å². The Morgan fingerprint density at radius 3 is 2.17 bits per heavy atom. The maximum atomic E-state index is 12.1. The standard InChI is InChI=1S/C20H30O3S/c1-7-8-15(2)20(4,5)14-18(16(3)21)13-17-9-11-19(12-10-17)24(6,22)23/h9-13,15H,7-8,14H2,1-6H3/b18-13+. The van der Waals surface area contributed by atoms with Gasteiger partial charge in [0.25, 0.3) is 0 Å². The van der Waals surface area contributed by atoms with Gasteiger partial charge in [-0.1, -0.05) is 52.7 Å². The number of hydrogen-bond acceptors (Lipinski definition) is 3. The molecule has 0 N–H and O–H groups in total. The van der Waals surface area contributed by atoms with Gasteiger partial charge in [-0.15, -0.1) is 0 Å². The number of carbonyl (C=O) groups excluding carboxylic acids is 1. The first-order valence-corrected chi connectivity index (χ1v) is 10.4. The summed E-state index contributed by atoms with van der Waals surface area (Å²) in [6, 6.07) is 6.68. The van der Waals surface area contributed by atoms with Crippen molar-refractivity contribution in [3.8, 4) is 0 Å². The summed E-state index contributed by atoms with van der Waals surface area (Å²) in [5, 5.41) is 0. The average molecular weight is 351 g/mol. The van der Waals surface area contributed by atoms with Gasteiger partial charge in [0.2, 0.25) is 0 Å². The van der Waals surface area contributed by atoms with Crippen molar-refractivity contribution in [2.45, 2.75) is 58.8 Å². The Balaban J connectivity index is 3.08. The fourth-order valence-electron chi connectivity index (χ4n) is 2.78. The number of hydrogen-bond donors (Lipinski definition) is 0. The highest BCUT2D eigenvalue weighted by Gasteiger charge is 2.27. The number of carbonyl (C=O) groups is 1. The first-order valence-electron chi connectivity index (χ1n) is 8.49. The Labute approximate surface area is 147 Å². The molecule has 0 amide bonds. The largest absolute Gasteiger partial charge is 0.295 e. The van der Waals surface area contributed by atoms with Crippen LogP contribution in [-0.4, -0.2) is 20.5 Å². The molecule has 0 aliphatic carbocycles. The lowest BCUT2D eigenvalue weighted by Gasteiger charge is -2.32. The number of allylic oxidation sites excluding steroid dienone is 1. The van der Waals surface area contributed by atoms with Gasteiger partial charge in [-0.3, -0.25) is 4.79 Å². The topological polar surface area (TPSA) is 51.2 Å². The normalized spacial score (nSPS) is 14.5. The molecule has 24 heavy (non-hydrogen) atoms. The summed E-state index contributed by atoms with van der Waals surface area (Å²) >= 11 is 0. The zero-order valence-corrected chi connectivity index (χ0v) is 16.5. The van der Waals surface area contributed by atoms with Crippen molar-refractivity contribution in [3.05, 3.63) is 35.4 Å². The molecule has 0 saturated heterocycles. The third kappa shape index (κ3) is 5.90. The number of benzene rings is 1. The molecule has 0 bridgehead atoms. The zero-order valence-electron chi connectivity index (χ0n) is 15.7. The molecule has 0 aromatic heterocycles. The Bertz CT molecular complexity index is 695. The minimum atomic E-state index is -3.20. The highest BCUT2D eigenvalue weighted by atomic mass is 32.2. The zero-order chi connectivity index (χ0) is 18.5. The van der Waals surface area contributed by atoms with Crippen LogP contribution < -0.4 is 0 Å². The number of ketones is 1. The van der Waals surface area contributed by atoms with Gasteiger partial charge < -0.3 is 0 Å². The molecular formula is C20H30O3S. The number of sulfone groups is 1. The van der Waals surface area contributed by atoms with Crippen molar-refractivity contribution < 1.29 is 13.2 Å². The number of Topliss-reactive ketones (excluding diaryl/α,β-unsaturated/α-hetero) is 1. The van der Waals surface area contributed by atoms with Crippen LogP contribution in [0.1, 0.15) is 59.4 Å². The number of rotatable bonds is 8. The van der Waals surface area contributed by atoms with Crippen molar-refractivity contribution in [2.75, 3.05) is 6.26 Å². The highest BCUT2D eigenvalue weighted by Crippen LogP contribution is 2.37. The van der Waals surface area contributed by atoms with E-state index in [2.05, 4.69) is 27.7 Å². The van der Waals surface area contributed by atoms with E-state index >= 15 is 0 Å². The molecule has 1 aromatic rings. The molecular weight excluding hydrogens is 320 g/mol. The van der Waals surface area contributed by atoms with Crippen molar-refractivity contribution in [3.63, 3.8) is 0 Å². The Morgan fingerprint density at radius 1 is 1.21 bits per heavy atom. The van der Waals surface area contributed by atoms with Gasteiger partial charge in [0.1, 0.15) is 0 Å². The third-order valence-corrected chi connectivity index (χ3v) is 5.93. The summed E-state index contributed by atoms with van der Waals surface area (Å²) in [5.41, 5.74) is 1.68. The predicted molar refractivity (Wildman–Crippen MR) is 101 cm³/mol. The Morgan fingerprint density at radius 2 is 1.75 bits per heavy atom.